The first-order valence-corrected chi connectivity index (χ1v) is 9.49. The molecule has 0 unspecified atom stereocenters. The van der Waals surface area contributed by atoms with Crippen molar-refractivity contribution in [1.82, 2.24) is 0 Å². The van der Waals surface area contributed by atoms with Crippen LogP contribution in [0.25, 0.3) is 16.4 Å². The number of carbonyl (C=O) groups excluding carboxylic acids is 1. The topological polar surface area (TPSA) is 34.4 Å². The molecule has 0 bridgehead atoms. The second-order valence-corrected chi connectivity index (χ2v) is 7.48. The zero-order valence-electron chi connectivity index (χ0n) is 16.8. The Morgan fingerprint density at radius 3 is 2.29 bits per heavy atom. The van der Waals surface area contributed by atoms with Crippen LogP contribution in [0.5, 0.6) is 0 Å². The largest absolute Gasteiger partial charge is 0.659 e. The second kappa shape index (κ2) is 12.3. The third-order valence-corrected chi connectivity index (χ3v) is 5.01. The predicted octanol–water partition coefficient (Wildman–Crippen LogP) is 5.08. The predicted molar refractivity (Wildman–Crippen MR) is 110 cm³/mol. The Morgan fingerprint density at radius 2 is 1.71 bits per heavy atom. The molecule has 3 nitrogen and oxygen atoms in total. The summed E-state index contributed by atoms with van der Waals surface area (Å²) in [5, 5.41) is 4.40. The molecular formula is C23H28N2OWY-2. The minimum absolute atomic E-state index is 0. The van der Waals surface area contributed by atoms with Gasteiger partial charge in [0.25, 0.3) is 0 Å². The zero-order chi connectivity index (χ0) is 18.5. The average molecular weight is 621 g/mol. The van der Waals surface area contributed by atoms with Crippen LogP contribution in [0.4, 0.5) is 5.69 Å². The summed E-state index contributed by atoms with van der Waals surface area (Å²) in [5.41, 5.74) is 4.65. The maximum absolute atomic E-state index is 12.0. The summed E-state index contributed by atoms with van der Waals surface area (Å²) in [5.74, 6) is 0.345. The van der Waals surface area contributed by atoms with E-state index in [0.29, 0.717) is 5.92 Å². The van der Waals surface area contributed by atoms with Gasteiger partial charge in [0, 0.05) is 71.2 Å². The molecule has 0 aromatic heterocycles. The SMILES string of the molecule is [CH2-]C(=O)[C@H](CC(C)C)c1cccc(-c2ccc(N3CC[N-]CC3)cc2)c1.[W].[Y]. The molecule has 0 spiro atoms. The first-order chi connectivity index (χ1) is 12.5. The minimum Gasteiger partial charge on any atom is -0.659 e. The molecule has 1 saturated heterocycles. The molecule has 5 heteroatoms. The third-order valence-electron chi connectivity index (χ3n) is 5.01. The summed E-state index contributed by atoms with van der Waals surface area (Å²) in [4.78, 5) is 14.4. The molecule has 2 aromatic carbocycles. The molecule has 1 heterocycles. The maximum Gasteiger partial charge on any atom is 0.0365 e. The zero-order valence-corrected chi connectivity index (χ0v) is 22.6. The van der Waals surface area contributed by atoms with E-state index in [-0.39, 0.29) is 65.5 Å². The summed E-state index contributed by atoms with van der Waals surface area (Å²) in [6.45, 7) is 11.8. The molecule has 0 aliphatic carbocycles. The second-order valence-electron chi connectivity index (χ2n) is 7.48. The summed E-state index contributed by atoms with van der Waals surface area (Å²) in [6, 6.07) is 17.1. The van der Waals surface area contributed by atoms with Crippen molar-refractivity contribution in [1.29, 1.82) is 0 Å². The van der Waals surface area contributed by atoms with Crippen LogP contribution in [0.2, 0.25) is 0 Å². The normalized spacial score (nSPS) is 14.8. The van der Waals surface area contributed by atoms with Crippen LogP contribution >= 0.6 is 0 Å². The molecule has 1 fully saturated rings. The number of hydrogen-bond acceptors (Lipinski definition) is 2. The fraction of sp³-hybridized carbons (Fsp3) is 0.391. The van der Waals surface area contributed by atoms with Crippen molar-refractivity contribution >= 4 is 11.5 Å². The number of nitrogens with zero attached hydrogens (tertiary/aromatic N) is 2. The van der Waals surface area contributed by atoms with E-state index in [2.05, 4.69) is 67.4 Å². The number of hydrogen-bond donors (Lipinski definition) is 0. The fourth-order valence-electron chi connectivity index (χ4n) is 3.59. The van der Waals surface area contributed by atoms with Crippen LogP contribution < -0.4 is 4.90 Å². The third kappa shape index (κ3) is 6.80. The van der Waals surface area contributed by atoms with E-state index in [1.807, 2.05) is 12.1 Å². The van der Waals surface area contributed by atoms with Crippen molar-refractivity contribution in [3.05, 3.63) is 66.3 Å². The van der Waals surface area contributed by atoms with Gasteiger partial charge in [0.15, 0.2) is 0 Å². The Morgan fingerprint density at radius 1 is 1.07 bits per heavy atom. The van der Waals surface area contributed by atoms with Gasteiger partial charge in [0.2, 0.25) is 0 Å². The molecule has 0 saturated carbocycles. The first kappa shape index (κ1) is 25.6. The number of benzene rings is 2. The van der Waals surface area contributed by atoms with Crippen molar-refractivity contribution < 1.29 is 58.6 Å². The smallest absolute Gasteiger partial charge is 0.0365 e. The van der Waals surface area contributed by atoms with Crippen molar-refractivity contribution in [2.24, 2.45) is 5.92 Å². The molecule has 1 atom stereocenters. The summed E-state index contributed by atoms with van der Waals surface area (Å²) in [7, 11) is 0. The molecule has 0 amide bonds. The fourth-order valence-corrected chi connectivity index (χ4v) is 3.59. The van der Waals surface area contributed by atoms with E-state index in [0.717, 1.165) is 43.7 Å². The van der Waals surface area contributed by atoms with E-state index in [4.69, 9.17) is 0 Å². The van der Waals surface area contributed by atoms with Crippen LogP contribution in [0, 0.1) is 12.8 Å². The quantitative estimate of drug-likeness (QED) is 0.423. The Labute approximate surface area is 209 Å². The van der Waals surface area contributed by atoms with Gasteiger partial charge in [-0.1, -0.05) is 50.2 Å². The molecule has 1 radical (unpaired) electrons. The molecule has 2 aromatic rings. The number of carbonyl (C=O) groups is 1. The van der Waals surface area contributed by atoms with Crippen molar-refractivity contribution in [2.75, 3.05) is 31.1 Å². The van der Waals surface area contributed by atoms with E-state index >= 15 is 0 Å². The maximum atomic E-state index is 12.0. The monoisotopic (exact) mass is 621 g/mol. The number of ketones is 1. The van der Waals surface area contributed by atoms with Gasteiger partial charge in [-0.2, -0.15) is 0 Å². The number of rotatable bonds is 6. The van der Waals surface area contributed by atoms with Crippen molar-refractivity contribution in [3.8, 4) is 11.1 Å². The van der Waals surface area contributed by atoms with Gasteiger partial charge in [0.05, 0.1) is 0 Å². The Kier molecular flexibility index (Phi) is 11.2. The van der Waals surface area contributed by atoms with Gasteiger partial charge >= 0.3 is 0 Å². The number of anilines is 1. The van der Waals surface area contributed by atoms with Crippen LogP contribution in [0.15, 0.2) is 48.5 Å². The van der Waals surface area contributed by atoms with Crippen LogP contribution in [0.3, 0.4) is 0 Å². The van der Waals surface area contributed by atoms with Crippen molar-refractivity contribution in [2.45, 2.75) is 26.2 Å². The van der Waals surface area contributed by atoms with Gasteiger partial charge in [-0.05, 0) is 54.3 Å². The minimum atomic E-state index is -0.119. The van der Waals surface area contributed by atoms with Gasteiger partial charge in [-0.3, -0.25) is 0 Å². The van der Waals surface area contributed by atoms with Crippen LogP contribution in [0.1, 0.15) is 31.7 Å². The molecule has 147 valence electrons. The average Bonchev–Trinajstić information content (AvgIpc) is 2.67. The van der Waals surface area contributed by atoms with E-state index in [1.54, 1.807) is 0 Å². The summed E-state index contributed by atoms with van der Waals surface area (Å²) < 4.78 is 0. The molecule has 3 rings (SSSR count). The Balaban J connectivity index is 0.00000196. The van der Waals surface area contributed by atoms with Crippen LogP contribution in [-0.2, 0) is 58.6 Å². The summed E-state index contributed by atoms with van der Waals surface area (Å²) in [6.07, 6.45) is 0.838. The van der Waals surface area contributed by atoms with E-state index in [9.17, 15) is 4.79 Å². The first-order valence-electron chi connectivity index (χ1n) is 9.49. The number of Topliss-reactive ketones (excluding diaryl/α,β-unsaturated/α-hetero) is 1. The summed E-state index contributed by atoms with van der Waals surface area (Å²) >= 11 is 0. The van der Waals surface area contributed by atoms with Crippen molar-refractivity contribution in [3.63, 3.8) is 0 Å². The van der Waals surface area contributed by atoms with Crippen LogP contribution in [-0.4, -0.2) is 32.0 Å². The van der Waals surface area contributed by atoms with E-state index < -0.39 is 0 Å². The van der Waals surface area contributed by atoms with Gasteiger partial charge in [-0.15, -0.1) is 13.1 Å². The van der Waals surface area contributed by atoms with Gasteiger partial charge in [0.1, 0.15) is 0 Å². The standard InChI is InChI=1S/C23H28N2O.W.Y/c1-17(2)15-23(18(3)26)21-6-4-5-20(16-21)19-7-9-22(10-8-19)25-13-11-24-12-14-25;;/h4-10,16-17,23H,3,11-15H2,1-2H3;;/q-2;;/t23-;;/m0../s1. The Hall–Kier alpha value is -0.468. The van der Waals surface area contributed by atoms with Gasteiger partial charge < -0.3 is 21.9 Å². The van der Waals surface area contributed by atoms with Gasteiger partial charge in [-0.25, -0.2) is 0 Å². The van der Waals surface area contributed by atoms with E-state index in [1.165, 1.54) is 11.3 Å². The molecular weight excluding hydrogens is 593 g/mol. The number of piperazine rings is 1. The molecule has 1 aliphatic heterocycles. The Bertz CT molecular complexity index is 743. The molecule has 28 heavy (non-hydrogen) atoms. The molecule has 1 aliphatic rings. The molecule has 0 N–H and O–H groups in total.